The summed E-state index contributed by atoms with van der Waals surface area (Å²) in [5.41, 5.74) is 3.03. The summed E-state index contributed by atoms with van der Waals surface area (Å²) in [6.45, 7) is 4.10. The summed E-state index contributed by atoms with van der Waals surface area (Å²) in [7, 11) is 1.58. The summed E-state index contributed by atoms with van der Waals surface area (Å²) in [6, 6.07) is 13.7. The molecule has 7 nitrogen and oxygen atoms in total. The zero-order valence-corrected chi connectivity index (χ0v) is 17.6. The first-order chi connectivity index (χ1) is 14.0. The van der Waals surface area contributed by atoms with Crippen molar-refractivity contribution in [3.05, 3.63) is 75.2 Å². The van der Waals surface area contributed by atoms with Crippen LogP contribution in [-0.4, -0.2) is 34.5 Å². The van der Waals surface area contributed by atoms with Crippen molar-refractivity contribution in [3.63, 3.8) is 0 Å². The first-order valence-electron chi connectivity index (χ1n) is 8.93. The number of ether oxygens (including phenoxy) is 2. The molecule has 0 aliphatic heterocycles. The Hall–Kier alpha value is -3.13. The van der Waals surface area contributed by atoms with Gasteiger partial charge in [0.05, 0.1) is 13.3 Å². The predicted molar refractivity (Wildman–Crippen MR) is 114 cm³/mol. The van der Waals surface area contributed by atoms with Crippen LogP contribution in [0.15, 0.2) is 57.5 Å². The molecule has 0 N–H and O–H groups in total. The monoisotopic (exact) mass is 410 g/mol. The van der Waals surface area contributed by atoms with Gasteiger partial charge in [-0.15, -0.1) is 10.2 Å². The highest BCUT2D eigenvalue weighted by molar-refractivity contribution is 7.98. The van der Waals surface area contributed by atoms with Crippen molar-refractivity contribution in [2.24, 2.45) is 5.10 Å². The highest BCUT2D eigenvalue weighted by atomic mass is 32.2. The molecule has 0 aliphatic carbocycles. The first-order valence-corrected chi connectivity index (χ1v) is 10.2. The third kappa shape index (κ3) is 5.03. The van der Waals surface area contributed by atoms with Gasteiger partial charge in [0.2, 0.25) is 5.16 Å². The molecule has 0 radical (unpaired) electrons. The molecule has 0 saturated heterocycles. The fourth-order valence-corrected chi connectivity index (χ4v) is 2.95. The summed E-state index contributed by atoms with van der Waals surface area (Å²) >= 11 is 1.30. The molecule has 3 rings (SSSR count). The number of nitrogens with zero attached hydrogens (tertiary/aromatic N) is 4. The van der Waals surface area contributed by atoms with Crippen LogP contribution in [-0.2, 0) is 6.61 Å². The van der Waals surface area contributed by atoms with E-state index in [0.29, 0.717) is 23.3 Å². The van der Waals surface area contributed by atoms with Crippen LogP contribution < -0.4 is 15.0 Å². The Morgan fingerprint density at radius 3 is 2.55 bits per heavy atom. The highest BCUT2D eigenvalue weighted by Crippen LogP contribution is 2.28. The van der Waals surface area contributed by atoms with E-state index in [1.807, 2.05) is 37.4 Å². The fraction of sp³-hybridized carbons (Fsp3) is 0.238. The van der Waals surface area contributed by atoms with Gasteiger partial charge in [-0.05, 0) is 49.4 Å². The average Bonchev–Trinajstić information content (AvgIpc) is 2.74. The Bertz CT molecular complexity index is 1080. The van der Waals surface area contributed by atoms with E-state index in [2.05, 4.69) is 27.4 Å². The Morgan fingerprint density at radius 1 is 1.10 bits per heavy atom. The molecule has 0 spiro atoms. The van der Waals surface area contributed by atoms with E-state index in [0.717, 1.165) is 11.1 Å². The molecule has 0 aliphatic rings. The van der Waals surface area contributed by atoms with Gasteiger partial charge in [-0.1, -0.05) is 41.6 Å². The lowest BCUT2D eigenvalue weighted by Crippen LogP contribution is -2.23. The number of aromatic nitrogens is 3. The number of rotatable bonds is 7. The van der Waals surface area contributed by atoms with Crippen LogP contribution in [0.1, 0.15) is 22.4 Å². The lowest BCUT2D eigenvalue weighted by Gasteiger charge is -2.11. The van der Waals surface area contributed by atoms with Gasteiger partial charge in [-0.2, -0.15) is 9.78 Å². The van der Waals surface area contributed by atoms with E-state index < -0.39 is 0 Å². The van der Waals surface area contributed by atoms with E-state index >= 15 is 0 Å². The minimum atomic E-state index is -0.300. The van der Waals surface area contributed by atoms with Crippen molar-refractivity contribution < 1.29 is 9.47 Å². The maximum atomic E-state index is 12.3. The molecule has 0 atom stereocenters. The van der Waals surface area contributed by atoms with Crippen molar-refractivity contribution in [1.29, 1.82) is 0 Å². The molecule has 0 bridgehead atoms. The molecule has 150 valence electrons. The summed E-state index contributed by atoms with van der Waals surface area (Å²) in [5, 5.41) is 12.5. The van der Waals surface area contributed by atoms with Crippen molar-refractivity contribution in [2.75, 3.05) is 13.4 Å². The number of hydrogen-bond donors (Lipinski definition) is 0. The van der Waals surface area contributed by atoms with Crippen LogP contribution in [0.4, 0.5) is 0 Å². The Morgan fingerprint density at radius 2 is 1.86 bits per heavy atom. The topological polar surface area (TPSA) is 78.6 Å². The zero-order chi connectivity index (χ0) is 20.8. The summed E-state index contributed by atoms with van der Waals surface area (Å²) < 4.78 is 12.6. The molecule has 0 amide bonds. The second-order valence-corrected chi connectivity index (χ2v) is 7.09. The van der Waals surface area contributed by atoms with Crippen LogP contribution in [0.3, 0.4) is 0 Å². The summed E-state index contributed by atoms with van der Waals surface area (Å²) in [5.74, 6) is 1.22. The average molecular weight is 410 g/mol. The molecule has 0 unspecified atom stereocenters. The largest absolute Gasteiger partial charge is 0.493 e. The van der Waals surface area contributed by atoms with Crippen LogP contribution in [0.5, 0.6) is 11.5 Å². The fourth-order valence-electron chi connectivity index (χ4n) is 2.53. The summed E-state index contributed by atoms with van der Waals surface area (Å²) in [4.78, 5) is 12.3. The minimum absolute atomic E-state index is 0.289. The van der Waals surface area contributed by atoms with E-state index in [1.54, 1.807) is 26.3 Å². The van der Waals surface area contributed by atoms with E-state index in [9.17, 15) is 4.79 Å². The molecule has 0 fully saturated rings. The van der Waals surface area contributed by atoms with Gasteiger partial charge in [0.15, 0.2) is 11.5 Å². The van der Waals surface area contributed by atoms with Gasteiger partial charge in [-0.3, -0.25) is 4.79 Å². The SMILES string of the molecule is COc1cc(/C=N\n2c(SC)nnc(C)c2=O)ccc1OCc1ccc(C)cc1. The maximum absolute atomic E-state index is 12.3. The normalized spacial score (nSPS) is 11.0. The van der Waals surface area contributed by atoms with Gasteiger partial charge in [-0.25, -0.2) is 0 Å². The summed E-state index contributed by atoms with van der Waals surface area (Å²) in [6.07, 6.45) is 3.39. The minimum Gasteiger partial charge on any atom is -0.493 e. The Balaban J connectivity index is 1.80. The smallest absolute Gasteiger partial charge is 0.296 e. The van der Waals surface area contributed by atoms with Crippen LogP contribution in [0.2, 0.25) is 0 Å². The van der Waals surface area contributed by atoms with E-state index in [-0.39, 0.29) is 11.3 Å². The lowest BCUT2D eigenvalue weighted by molar-refractivity contribution is 0.284. The second kappa shape index (κ2) is 9.38. The van der Waals surface area contributed by atoms with Gasteiger partial charge in [0.25, 0.3) is 5.56 Å². The van der Waals surface area contributed by atoms with Crippen molar-refractivity contribution in [1.82, 2.24) is 14.9 Å². The van der Waals surface area contributed by atoms with Crippen molar-refractivity contribution >= 4 is 18.0 Å². The number of aryl methyl sites for hydroxylation is 2. The van der Waals surface area contributed by atoms with Crippen LogP contribution >= 0.6 is 11.8 Å². The van der Waals surface area contributed by atoms with Crippen molar-refractivity contribution in [2.45, 2.75) is 25.6 Å². The quantitative estimate of drug-likeness (QED) is 0.439. The highest BCUT2D eigenvalue weighted by Gasteiger charge is 2.09. The number of thioether (sulfide) groups is 1. The Kier molecular flexibility index (Phi) is 6.66. The lowest BCUT2D eigenvalue weighted by atomic mass is 10.2. The molecule has 29 heavy (non-hydrogen) atoms. The molecular weight excluding hydrogens is 388 g/mol. The zero-order valence-electron chi connectivity index (χ0n) is 16.7. The first kappa shape index (κ1) is 20.6. The van der Waals surface area contributed by atoms with Gasteiger partial charge in [0, 0.05) is 0 Å². The van der Waals surface area contributed by atoms with Gasteiger partial charge in [0.1, 0.15) is 12.3 Å². The standard InChI is InChI=1S/C21H22N4O3S/c1-14-5-7-16(8-6-14)13-28-18-10-9-17(11-19(18)27-3)12-22-25-20(26)15(2)23-24-21(25)29-4/h5-12H,13H2,1-4H3/b22-12-. The van der Waals surface area contributed by atoms with Crippen LogP contribution in [0, 0.1) is 13.8 Å². The number of hydrogen-bond acceptors (Lipinski definition) is 7. The van der Waals surface area contributed by atoms with Gasteiger partial charge < -0.3 is 9.47 Å². The molecule has 2 aromatic carbocycles. The molecule has 1 heterocycles. The van der Waals surface area contributed by atoms with Gasteiger partial charge >= 0.3 is 0 Å². The molecule has 3 aromatic rings. The number of methoxy groups -OCH3 is 1. The van der Waals surface area contributed by atoms with E-state index in [4.69, 9.17) is 9.47 Å². The van der Waals surface area contributed by atoms with Crippen LogP contribution in [0.25, 0.3) is 0 Å². The third-order valence-corrected chi connectivity index (χ3v) is 4.80. The molecular formula is C21H22N4O3S. The van der Waals surface area contributed by atoms with E-state index in [1.165, 1.54) is 22.0 Å². The molecule has 8 heteroatoms. The molecule has 1 aromatic heterocycles. The number of benzene rings is 2. The van der Waals surface area contributed by atoms with Crippen molar-refractivity contribution in [3.8, 4) is 11.5 Å². The third-order valence-electron chi connectivity index (χ3n) is 4.18. The molecule has 0 saturated carbocycles. The maximum Gasteiger partial charge on any atom is 0.296 e. The Labute approximate surface area is 173 Å². The predicted octanol–water partition coefficient (Wildman–Crippen LogP) is 3.45. The second-order valence-electron chi connectivity index (χ2n) is 6.32.